The number of rotatable bonds is 9. The van der Waals surface area contributed by atoms with Gasteiger partial charge in [0.05, 0.1) is 11.4 Å². The topological polar surface area (TPSA) is 24.7 Å². The van der Waals surface area contributed by atoms with Crippen LogP contribution < -0.4 is 0 Å². The van der Waals surface area contributed by atoms with E-state index in [0.717, 1.165) is 16.8 Å². The first-order chi connectivity index (χ1) is 11.2. The highest BCUT2D eigenvalue weighted by Crippen LogP contribution is 2.15. The predicted octanol–water partition coefficient (Wildman–Crippen LogP) is 6.79. The van der Waals surface area contributed by atoms with Gasteiger partial charge in [0, 0.05) is 0 Å². The summed E-state index contributed by atoms with van der Waals surface area (Å²) >= 11 is 0. The Labute approximate surface area is 140 Å². The summed E-state index contributed by atoms with van der Waals surface area (Å²) in [6.07, 6.45) is 20.6. The van der Waals surface area contributed by atoms with Crippen LogP contribution in [0.5, 0.6) is 0 Å². The fraction of sp³-hybridized carbons (Fsp3) is 0.143. The molecule has 0 unspecified atom stereocenters. The number of allylic oxidation sites excluding steroid dienone is 13. The molecule has 120 valence electrons. The third-order valence-corrected chi connectivity index (χ3v) is 2.78. The summed E-state index contributed by atoms with van der Waals surface area (Å²) in [6, 6.07) is 0. The van der Waals surface area contributed by atoms with Crippen LogP contribution in [0, 0.1) is 0 Å². The van der Waals surface area contributed by atoms with Crippen molar-refractivity contribution in [1.29, 1.82) is 0 Å². The molecule has 0 aromatic heterocycles. The van der Waals surface area contributed by atoms with Crippen molar-refractivity contribution < 1.29 is 0 Å². The summed E-state index contributed by atoms with van der Waals surface area (Å²) in [6.45, 7) is 17.2. The molecule has 0 saturated heterocycles. The minimum absolute atomic E-state index is 0.665. The van der Waals surface area contributed by atoms with E-state index in [0.29, 0.717) is 5.70 Å². The van der Waals surface area contributed by atoms with Crippen LogP contribution in [0.3, 0.4) is 0 Å². The summed E-state index contributed by atoms with van der Waals surface area (Å²) in [7, 11) is 0. The van der Waals surface area contributed by atoms with Gasteiger partial charge in [-0.05, 0) is 50.1 Å². The van der Waals surface area contributed by atoms with Crippen molar-refractivity contribution in [3.63, 3.8) is 0 Å². The first-order valence-electron chi connectivity index (χ1n) is 7.50. The Morgan fingerprint density at radius 1 is 0.696 bits per heavy atom. The second-order valence-corrected chi connectivity index (χ2v) is 4.39. The highest BCUT2D eigenvalue weighted by molar-refractivity contribution is 5.47. The molecule has 0 saturated carbocycles. The smallest absolute Gasteiger partial charge is 0.0857 e. The molecule has 0 fully saturated rings. The second kappa shape index (κ2) is 13.0. The SMILES string of the molecule is C=CC(C=C)=C(/C=C\C)/C=C(C=C)/N=N/C(/C=C\C=C/C)=C/C. The Balaban J connectivity index is 5.60. The van der Waals surface area contributed by atoms with Crippen molar-refractivity contribution in [3.05, 3.63) is 109 Å². The van der Waals surface area contributed by atoms with Gasteiger partial charge in [-0.3, -0.25) is 0 Å². The molecule has 0 heterocycles. The van der Waals surface area contributed by atoms with E-state index in [1.165, 1.54) is 0 Å². The lowest BCUT2D eigenvalue weighted by molar-refractivity contribution is 1.11. The average Bonchev–Trinajstić information content (AvgIpc) is 2.57. The van der Waals surface area contributed by atoms with Gasteiger partial charge in [0.25, 0.3) is 0 Å². The third-order valence-electron chi connectivity index (χ3n) is 2.78. The van der Waals surface area contributed by atoms with Crippen molar-refractivity contribution in [1.82, 2.24) is 0 Å². The maximum absolute atomic E-state index is 4.25. The highest BCUT2D eigenvalue weighted by Gasteiger charge is 1.97. The van der Waals surface area contributed by atoms with Gasteiger partial charge in [0.15, 0.2) is 0 Å². The van der Waals surface area contributed by atoms with E-state index in [1.54, 1.807) is 18.2 Å². The van der Waals surface area contributed by atoms with Gasteiger partial charge < -0.3 is 0 Å². The minimum Gasteiger partial charge on any atom is -0.151 e. The molecule has 0 aromatic rings. The van der Waals surface area contributed by atoms with Crippen LogP contribution >= 0.6 is 0 Å². The predicted molar refractivity (Wildman–Crippen MR) is 103 cm³/mol. The Morgan fingerprint density at radius 2 is 1.35 bits per heavy atom. The van der Waals surface area contributed by atoms with Crippen LogP contribution in [0.25, 0.3) is 0 Å². The Morgan fingerprint density at radius 3 is 1.83 bits per heavy atom. The molecular weight excluding hydrogens is 280 g/mol. The number of nitrogens with zero attached hydrogens (tertiary/aromatic N) is 2. The number of hydrogen-bond donors (Lipinski definition) is 0. The monoisotopic (exact) mass is 306 g/mol. The van der Waals surface area contributed by atoms with Crippen molar-refractivity contribution >= 4 is 0 Å². The van der Waals surface area contributed by atoms with Crippen LogP contribution in [0.4, 0.5) is 0 Å². The van der Waals surface area contributed by atoms with Gasteiger partial charge in [0.2, 0.25) is 0 Å². The quantitative estimate of drug-likeness (QED) is 0.331. The first-order valence-corrected chi connectivity index (χ1v) is 7.50. The maximum Gasteiger partial charge on any atom is 0.0857 e. The molecule has 0 aliphatic heterocycles. The first kappa shape index (κ1) is 20.3. The van der Waals surface area contributed by atoms with Crippen LogP contribution in [-0.2, 0) is 0 Å². The molecule has 23 heavy (non-hydrogen) atoms. The Hall–Kier alpha value is -2.74. The fourth-order valence-electron chi connectivity index (χ4n) is 1.58. The van der Waals surface area contributed by atoms with Crippen molar-refractivity contribution in [2.24, 2.45) is 10.2 Å². The molecule has 0 spiro atoms. The molecule has 0 amide bonds. The largest absolute Gasteiger partial charge is 0.151 e. The summed E-state index contributed by atoms with van der Waals surface area (Å²) in [5, 5.41) is 8.49. The summed E-state index contributed by atoms with van der Waals surface area (Å²) in [5.41, 5.74) is 3.33. The molecule has 0 rings (SSSR count). The summed E-state index contributed by atoms with van der Waals surface area (Å²) < 4.78 is 0. The standard InChI is InChI=1S/C21H26N2/c1-7-13-14-16-20(11-5)22-23-21(12-6)17-19(15-8-2)18(9-3)10-4/h7-17H,3-4,6H2,1-2,5H3/b13-7-,15-8-,16-14-,20-11+,21-17+,23-22+. The van der Waals surface area contributed by atoms with E-state index in [-0.39, 0.29) is 0 Å². The fourth-order valence-corrected chi connectivity index (χ4v) is 1.58. The van der Waals surface area contributed by atoms with Crippen molar-refractivity contribution in [2.75, 3.05) is 0 Å². The molecule has 0 bridgehead atoms. The zero-order valence-electron chi connectivity index (χ0n) is 14.4. The van der Waals surface area contributed by atoms with E-state index in [2.05, 4.69) is 30.0 Å². The van der Waals surface area contributed by atoms with E-state index < -0.39 is 0 Å². The number of azo groups is 1. The Bertz CT molecular complexity index is 608. The Kier molecular flexibility index (Phi) is 11.4. The van der Waals surface area contributed by atoms with Crippen LogP contribution in [-0.4, -0.2) is 0 Å². The molecule has 2 heteroatoms. The van der Waals surface area contributed by atoms with Gasteiger partial charge in [-0.15, -0.1) is 0 Å². The average molecular weight is 306 g/mol. The van der Waals surface area contributed by atoms with Crippen LogP contribution in [0.2, 0.25) is 0 Å². The number of hydrogen-bond acceptors (Lipinski definition) is 2. The van der Waals surface area contributed by atoms with Gasteiger partial charge in [-0.1, -0.05) is 68.3 Å². The summed E-state index contributed by atoms with van der Waals surface area (Å²) in [5.74, 6) is 0. The molecule has 2 nitrogen and oxygen atoms in total. The lowest BCUT2D eigenvalue weighted by atomic mass is 10.1. The molecule has 0 radical (unpaired) electrons. The molecule has 0 aliphatic rings. The maximum atomic E-state index is 4.25. The molecular formula is C21H26N2. The van der Waals surface area contributed by atoms with Gasteiger partial charge in [-0.25, -0.2) is 0 Å². The van der Waals surface area contributed by atoms with Crippen molar-refractivity contribution in [3.8, 4) is 0 Å². The van der Waals surface area contributed by atoms with Gasteiger partial charge >= 0.3 is 0 Å². The molecule has 0 aliphatic carbocycles. The minimum atomic E-state index is 0.665. The highest BCUT2D eigenvalue weighted by atomic mass is 15.1. The van der Waals surface area contributed by atoms with E-state index >= 15 is 0 Å². The van der Waals surface area contributed by atoms with Crippen LogP contribution in [0.1, 0.15) is 20.8 Å². The van der Waals surface area contributed by atoms with Crippen molar-refractivity contribution in [2.45, 2.75) is 20.8 Å². The lowest BCUT2D eigenvalue weighted by Crippen LogP contribution is -1.82. The zero-order valence-corrected chi connectivity index (χ0v) is 14.4. The molecule has 0 atom stereocenters. The van der Waals surface area contributed by atoms with E-state index in [4.69, 9.17) is 0 Å². The zero-order chi connectivity index (χ0) is 17.5. The van der Waals surface area contributed by atoms with Gasteiger partial charge in [0.1, 0.15) is 0 Å². The van der Waals surface area contributed by atoms with Crippen LogP contribution in [0.15, 0.2) is 119 Å². The lowest BCUT2D eigenvalue weighted by Gasteiger charge is -2.01. The van der Waals surface area contributed by atoms with E-state index in [9.17, 15) is 0 Å². The second-order valence-electron chi connectivity index (χ2n) is 4.39. The van der Waals surface area contributed by atoms with Gasteiger partial charge in [-0.2, -0.15) is 10.2 Å². The van der Waals surface area contributed by atoms with E-state index in [1.807, 2.05) is 69.4 Å². The molecule has 0 N–H and O–H groups in total. The molecule has 0 aromatic carbocycles. The normalized spacial score (nSPS) is 13.3. The summed E-state index contributed by atoms with van der Waals surface area (Å²) in [4.78, 5) is 0. The third kappa shape index (κ3) is 8.32.